The summed E-state index contributed by atoms with van der Waals surface area (Å²) in [4.78, 5) is 20.0. The number of aromatic nitrogens is 1. The number of ether oxygens (including phenoxy) is 2. The number of nitrogens with one attached hydrogen (secondary N) is 1. The van der Waals surface area contributed by atoms with Crippen LogP contribution in [-0.2, 0) is 4.74 Å². The Morgan fingerprint density at radius 3 is 2.52 bits per heavy atom. The summed E-state index contributed by atoms with van der Waals surface area (Å²) in [6, 6.07) is 18.9. The molecule has 1 atom stereocenters. The Labute approximate surface area is 194 Å². The summed E-state index contributed by atoms with van der Waals surface area (Å²) >= 11 is 5.00. The molecule has 1 aliphatic rings. The zero-order valence-corrected chi connectivity index (χ0v) is 19.7. The molecule has 0 fully saturated rings. The van der Waals surface area contributed by atoms with Crippen LogP contribution < -0.4 is 15.0 Å². The van der Waals surface area contributed by atoms with Crippen LogP contribution in [0.1, 0.15) is 20.8 Å². The van der Waals surface area contributed by atoms with E-state index in [1.165, 1.54) is 0 Å². The topological polar surface area (TPSA) is 63.7 Å². The van der Waals surface area contributed by atoms with Crippen molar-refractivity contribution in [1.82, 2.24) is 4.98 Å². The third-order valence-corrected chi connectivity index (χ3v) is 6.05. The van der Waals surface area contributed by atoms with Crippen LogP contribution in [0.15, 0.2) is 76.2 Å². The van der Waals surface area contributed by atoms with E-state index in [0.717, 1.165) is 15.1 Å². The highest BCUT2D eigenvalue weighted by Crippen LogP contribution is 2.41. The van der Waals surface area contributed by atoms with Crippen molar-refractivity contribution in [2.45, 2.75) is 36.8 Å². The predicted molar refractivity (Wildman–Crippen MR) is 127 cm³/mol. The van der Waals surface area contributed by atoms with Crippen LogP contribution in [0.5, 0.6) is 11.6 Å². The van der Waals surface area contributed by atoms with E-state index in [1.807, 2.05) is 69.3 Å². The van der Waals surface area contributed by atoms with Gasteiger partial charge in [-0.25, -0.2) is 14.7 Å². The standard InChI is InChI=1S/C23H22BrN3O3S/c1-23(2,3)30-22(28)27(21-26-18-8-4-5-9-19(18)31-21)15-10-12-16(13-11-15)29-20-17(24)7-6-14-25-20/h4-14,21,26H,1-3H3. The minimum absolute atomic E-state index is 0.330. The van der Waals surface area contributed by atoms with E-state index in [-0.39, 0.29) is 5.50 Å². The highest BCUT2D eigenvalue weighted by atomic mass is 79.9. The van der Waals surface area contributed by atoms with Gasteiger partial charge >= 0.3 is 6.09 Å². The summed E-state index contributed by atoms with van der Waals surface area (Å²) in [7, 11) is 0. The first-order valence-electron chi connectivity index (χ1n) is 9.73. The highest BCUT2D eigenvalue weighted by molar-refractivity contribution is 9.10. The molecular formula is C23H22BrN3O3S. The van der Waals surface area contributed by atoms with E-state index in [0.29, 0.717) is 17.3 Å². The van der Waals surface area contributed by atoms with Gasteiger partial charge in [0.2, 0.25) is 5.88 Å². The molecule has 4 rings (SSSR count). The van der Waals surface area contributed by atoms with E-state index in [2.05, 4.69) is 26.2 Å². The van der Waals surface area contributed by atoms with Gasteiger partial charge in [-0.05, 0) is 85.2 Å². The number of amides is 1. The third kappa shape index (κ3) is 5.14. The molecule has 0 aliphatic carbocycles. The molecule has 0 radical (unpaired) electrons. The van der Waals surface area contributed by atoms with Crippen LogP contribution in [0.2, 0.25) is 0 Å². The monoisotopic (exact) mass is 499 g/mol. The molecule has 1 unspecified atom stereocenters. The molecule has 1 aromatic heterocycles. The maximum atomic E-state index is 13.1. The van der Waals surface area contributed by atoms with E-state index >= 15 is 0 Å². The molecule has 0 bridgehead atoms. The molecule has 2 aromatic carbocycles. The molecule has 3 aromatic rings. The molecule has 1 aliphatic heterocycles. The number of benzene rings is 2. The summed E-state index contributed by atoms with van der Waals surface area (Å²) in [6.07, 6.45) is 1.24. The number of nitrogens with zero attached hydrogens (tertiary/aromatic N) is 2. The average molecular weight is 500 g/mol. The summed E-state index contributed by atoms with van der Waals surface area (Å²) in [5, 5.41) is 3.40. The Morgan fingerprint density at radius 2 is 1.84 bits per heavy atom. The number of carbonyl (C=O) groups is 1. The van der Waals surface area contributed by atoms with Crippen molar-refractivity contribution in [1.29, 1.82) is 0 Å². The van der Waals surface area contributed by atoms with Gasteiger partial charge in [0.05, 0.1) is 15.8 Å². The average Bonchev–Trinajstić information content (AvgIpc) is 3.13. The van der Waals surface area contributed by atoms with Gasteiger partial charge in [-0.3, -0.25) is 0 Å². The molecule has 160 valence electrons. The Morgan fingerprint density at radius 1 is 1.10 bits per heavy atom. The van der Waals surface area contributed by atoms with Crippen LogP contribution >= 0.6 is 27.7 Å². The normalized spacial score (nSPS) is 15.0. The fourth-order valence-corrected chi connectivity index (χ4v) is 4.46. The number of fused-ring (bicyclic) bond motifs is 1. The molecule has 8 heteroatoms. The lowest BCUT2D eigenvalue weighted by Gasteiger charge is -2.31. The lowest BCUT2D eigenvalue weighted by atomic mass is 10.2. The van der Waals surface area contributed by atoms with Crippen LogP contribution in [-0.4, -0.2) is 22.2 Å². The maximum absolute atomic E-state index is 13.1. The van der Waals surface area contributed by atoms with Gasteiger partial charge in [0.15, 0.2) is 5.50 Å². The Kier molecular flexibility index (Phi) is 6.11. The molecular weight excluding hydrogens is 478 g/mol. The quantitative estimate of drug-likeness (QED) is 0.422. The second-order valence-corrected chi connectivity index (χ2v) is 9.82. The number of hydrogen-bond acceptors (Lipinski definition) is 6. The minimum Gasteiger partial charge on any atom is -0.443 e. The third-order valence-electron chi connectivity index (χ3n) is 4.28. The summed E-state index contributed by atoms with van der Waals surface area (Å²) in [6.45, 7) is 5.57. The Balaban J connectivity index is 1.59. The van der Waals surface area contributed by atoms with Gasteiger partial charge in [0.25, 0.3) is 0 Å². The largest absolute Gasteiger partial charge is 0.443 e. The van der Waals surface area contributed by atoms with Gasteiger partial charge in [0, 0.05) is 11.1 Å². The fraction of sp³-hybridized carbons (Fsp3) is 0.217. The van der Waals surface area contributed by atoms with E-state index in [9.17, 15) is 4.79 Å². The van der Waals surface area contributed by atoms with Crippen molar-refractivity contribution in [3.05, 3.63) is 71.3 Å². The van der Waals surface area contributed by atoms with E-state index in [4.69, 9.17) is 9.47 Å². The van der Waals surface area contributed by atoms with Crippen molar-refractivity contribution in [3.63, 3.8) is 0 Å². The van der Waals surface area contributed by atoms with E-state index in [1.54, 1.807) is 35.0 Å². The van der Waals surface area contributed by atoms with Crippen LogP contribution in [0.25, 0.3) is 0 Å². The van der Waals surface area contributed by atoms with E-state index < -0.39 is 11.7 Å². The Bertz CT molecular complexity index is 1060. The molecule has 0 saturated carbocycles. The predicted octanol–water partition coefficient (Wildman–Crippen LogP) is 6.88. The Hall–Kier alpha value is -2.71. The number of halogens is 1. The lowest BCUT2D eigenvalue weighted by molar-refractivity contribution is 0.0579. The smallest absolute Gasteiger partial charge is 0.417 e. The molecule has 0 spiro atoms. The van der Waals surface area contributed by atoms with Gasteiger partial charge in [0.1, 0.15) is 11.4 Å². The van der Waals surface area contributed by atoms with Gasteiger partial charge in [-0.15, -0.1) is 0 Å². The van der Waals surface area contributed by atoms with Crippen molar-refractivity contribution in [2.75, 3.05) is 10.2 Å². The van der Waals surface area contributed by atoms with Gasteiger partial charge < -0.3 is 14.8 Å². The number of pyridine rings is 1. The van der Waals surface area contributed by atoms with Crippen LogP contribution in [0.4, 0.5) is 16.2 Å². The fourth-order valence-electron chi connectivity index (χ4n) is 2.97. The lowest BCUT2D eigenvalue weighted by Crippen LogP contribution is -2.44. The molecule has 0 saturated heterocycles. The first-order chi connectivity index (χ1) is 14.8. The number of rotatable bonds is 4. The van der Waals surface area contributed by atoms with Crippen molar-refractivity contribution < 1.29 is 14.3 Å². The summed E-state index contributed by atoms with van der Waals surface area (Å²) in [5.41, 5.74) is 0.745. The number of para-hydroxylation sites is 1. The van der Waals surface area contributed by atoms with Crippen molar-refractivity contribution >= 4 is 45.2 Å². The second-order valence-electron chi connectivity index (χ2n) is 7.85. The molecule has 31 heavy (non-hydrogen) atoms. The molecule has 1 amide bonds. The second kappa shape index (κ2) is 8.80. The summed E-state index contributed by atoms with van der Waals surface area (Å²) in [5.74, 6) is 1.09. The zero-order chi connectivity index (χ0) is 22.0. The number of anilines is 2. The summed E-state index contributed by atoms with van der Waals surface area (Å²) < 4.78 is 12.3. The number of thioether (sulfide) groups is 1. The van der Waals surface area contributed by atoms with Crippen LogP contribution in [0, 0.1) is 0 Å². The minimum atomic E-state index is -0.611. The zero-order valence-electron chi connectivity index (χ0n) is 17.3. The van der Waals surface area contributed by atoms with Gasteiger partial charge in [-0.1, -0.05) is 23.9 Å². The van der Waals surface area contributed by atoms with Crippen molar-refractivity contribution in [3.8, 4) is 11.6 Å². The highest BCUT2D eigenvalue weighted by Gasteiger charge is 2.34. The van der Waals surface area contributed by atoms with Gasteiger partial charge in [-0.2, -0.15) is 0 Å². The molecule has 1 N–H and O–H groups in total. The first-order valence-corrected chi connectivity index (χ1v) is 11.4. The van der Waals surface area contributed by atoms with Crippen molar-refractivity contribution in [2.24, 2.45) is 0 Å². The maximum Gasteiger partial charge on any atom is 0.417 e. The first kappa shape index (κ1) is 21.5. The number of hydrogen-bond donors (Lipinski definition) is 1. The SMILES string of the molecule is CC(C)(C)OC(=O)N(c1ccc(Oc2ncccc2Br)cc1)C1Nc2ccccc2S1. The molecule has 2 heterocycles. The molecule has 6 nitrogen and oxygen atoms in total. The number of carbonyl (C=O) groups excluding carboxylic acids is 1. The van der Waals surface area contributed by atoms with Crippen LogP contribution in [0.3, 0.4) is 0 Å².